The number of piperidine rings is 1. The van der Waals surface area contributed by atoms with E-state index in [2.05, 4.69) is 10.6 Å². The summed E-state index contributed by atoms with van der Waals surface area (Å²) in [5.74, 6) is -0.584. The van der Waals surface area contributed by atoms with E-state index in [9.17, 15) is 14.3 Å². The van der Waals surface area contributed by atoms with Crippen LogP contribution in [-0.4, -0.2) is 30.6 Å². The van der Waals surface area contributed by atoms with E-state index in [1.165, 1.54) is 12.1 Å². The molecule has 132 valence electrons. The van der Waals surface area contributed by atoms with Gasteiger partial charge in [0.05, 0.1) is 11.5 Å². The Kier molecular flexibility index (Phi) is 5.46. The summed E-state index contributed by atoms with van der Waals surface area (Å²) in [6, 6.07) is 15.8. The van der Waals surface area contributed by atoms with Gasteiger partial charge in [-0.2, -0.15) is 0 Å². The molecule has 1 aliphatic rings. The Labute approximate surface area is 147 Å². The molecule has 1 fully saturated rings. The van der Waals surface area contributed by atoms with Gasteiger partial charge in [-0.15, -0.1) is 0 Å². The molecule has 0 spiro atoms. The number of amides is 1. The highest BCUT2D eigenvalue weighted by Crippen LogP contribution is 2.34. The molecule has 0 aliphatic carbocycles. The second-order valence-corrected chi connectivity index (χ2v) is 6.45. The quantitative estimate of drug-likeness (QED) is 0.781. The third kappa shape index (κ3) is 3.72. The molecule has 1 amide bonds. The number of rotatable bonds is 5. The molecule has 3 N–H and O–H groups in total. The molecular formula is C20H23FN2O2. The fourth-order valence-electron chi connectivity index (χ4n) is 3.47. The van der Waals surface area contributed by atoms with Crippen LogP contribution in [0.15, 0.2) is 54.6 Å². The van der Waals surface area contributed by atoms with Crippen molar-refractivity contribution in [1.82, 2.24) is 10.6 Å². The van der Waals surface area contributed by atoms with Crippen molar-refractivity contribution in [3.05, 3.63) is 71.5 Å². The molecule has 25 heavy (non-hydrogen) atoms. The van der Waals surface area contributed by atoms with Gasteiger partial charge in [0.25, 0.3) is 0 Å². The number of halogens is 1. The third-order valence-corrected chi connectivity index (χ3v) is 4.94. The lowest BCUT2D eigenvalue weighted by Gasteiger charge is -2.37. The Balaban J connectivity index is 1.74. The van der Waals surface area contributed by atoms with Crippen LogP contribution in [0.3, 0.4) is 0 Å². The zero-order valence-corrected chi connectivity index (χ0v) is 14.0. The van der Waals surface area contributed by atoms with Gasteiger partial charge in [-0.25, -0.2) is 4.39 Å². The minimum Gasteiger partial charge on any atom is -0.386 e. The molecule has 0 aromatic heterocycles. The number of aliphatic hydroxyl groups excluding tert-OH is 1. The van der Waals surface area contributed by atoms with Crippen molar-refractivity contribution in [1.29, 1.82) is 0 Å². The maximum absolute atomic E-state index is 13.8. The van der Waals surface area contributed by atoms with Gasteiger partial charge < -0.3 is 15.7 Å². The number of nitrogens with one attached hydrogen (secondary N) is 2. The first-order valence-electron chi connectivity index (χ1n) is 8.60. The monoisotopic (exact) mass is 342 g/mol. The van der Waals surface area contributed by atoms with E-state index < -0.39 is 17.3 Å². The zero-order chi connectivity index (χ0) is 17.7. The van der Waals surface area contributed by atoms with Crippen LogP contribution in [0.25, 0.3) is 0 Å². The van der Waals surface area contributed by atoms with Crippen molar-refractivity contribution < 1.29 is 14.3 Å². The highest BCUT2D eigenvalue weighted by atomic mass is 19.1. The Hall–Kier alpha value is -2.24. The number of hydrogen-bond acceptors (Lipinski definition) is 3. The van der Waals surface area contributed by atoms with Gasteiger partial charge in [0.1, 0.15) is 5.82 Å². The highest BCUT2D eigenvalue weighted by Gasteiger charge is 2.41. The molecule has 1 aliphatic heterocycles. The zero-order valence-electron chi connectivity index (χ0n) is 14.0. The average molecular weight is 342 g/mol. The van der Waals surface area contributed by atoms with Gasteiger partial charge in [-0.3, -0.25) is 4.79 Å². The molecule has 4 nitrogen and oxygen atoms in total. The first kappa shape index (κ1) is 17.6. The molecule has 2 aromatic carbocycles. The van der Waals surface area contributed by atoms with Crippen LogP contribution < -0.4 is 10.6 Å². The maximum atomic E-state index is 13.8. The van der Waals surface area contributed by atoms with Crippen molar-refractivity contribution in [2.45, 2.75) is 24.4 Å². The first-order chi connectivity index (χ1) is 12.1. The van der Waals surface area contributed by atoms with Gasteiger partial charge in [0.2, 0.25) is 5.91 Å². The number of carbonyl (C=O) groups excluding carboxylic acids is 1. The second-order valence-electron chi connectivity index (χ2n) is 6.45. The van der Waals surface area contributed by atoms with Crippen LogP contribution in [-0.2, 0) is 10.2 Å². The summed E-state index contributed by atoms with van der Waals surface area (Å²) in [4.78, 5) is 13.0. The molecule has 0 radical (unpaired) electrons. The molecular weight excluding hydrogens is 319 g/mol. The summed E-state index contributed by atoms with van der Waals surface area (Å²) >= 11 is 0. The van der Waals surface area contributed by atoms with Crippen molar-refractivity contribution in [2.24, 2.45) is 0 Å². The summed E-state index contributed by atoms with van der Waals surface area (Å²) in [6.07, 6.45) is 0.316. The van der Waals surface area contributed by atoms with Gasteiger partial charge in [-0.1, -0.05) is 48.5 Å². The molecule has 0 unspecified atom stereocenters. The van der Waals surface area contributed by atoms with E-state index in [-0.39, 0.29) is 18.0 Å². The third-order valence-electron chi connectivity index (χ3n) is 4.94. The molecule has 1 atom stereocenters. The average Bonchev–Trinajstić information content (AvgIpc) is 2.67. The summed E-state index contributed by atoms with van der Waals surface area (Å²) in [6.45, 7) is 1.51. The first-order valence-corrected chi connectivity index (χ1v) is 8.60. The van der Waals surface area contributed by atoms with Gasteiger partial charge >= 0.3 is 0 Å². The highest BCUT2D eigenvalue weighted by molar-refractivity contribution is 5.88. The standard InChI is InChI=1S/C20H23FN2O2/c21-17-9-5-4-8-16(17)18(24)14-23-19(25)20(10-12-22-13-11-20)15-6-2-1-3-7-15/h1-9,18,22,24H,10-14H2,(H,23,25)/t18-/m0/s1. The fourth-order valence-corrected chi connectivity index (χ4v) is 3.47. The number of carbonyl (C=O) groups is 1. The summed E-state index contributed by atoms with van der Waals surface area (Å²) in [5, 5.41) is 16.4. The van der Waals surface area contributed by atoms with Crippen LogP contribution in [0.2, 0.25) is 0 Å². The Morgan fingerprint density at radius 1 is 1.12 bits per heavy atom. The topological polar surface area (TPSA) is 61.4 Å². The van der Waals surface area contributed by atoms with E-state index in [0.717, 1.165) is 18.7 Å². The van der Waals surface area contributed by atoms with E-state index in [1.807, 2.05) is 30.3 Å². The van der Waals surface area contributed by atoms with Crippen molar-refractivity contribution in [3.8, 4) is 0 Å². The molecule has 2 aromatic rings. The Bertz CT molecular complexity index is 715. The van der Waals surface area contributed by atoms with Crippen LogP contribution in [0.1, 0.15) is 30.1 Å². The van der Waals surface area contributed by atoms with E-state index in [1.54, 1.807) is 12.1 Å². The van der Waals surface area contributed by atoms with Gasteiger partial charge in [0, 0.05) is 12.1 Å². The van der Waals surface area contributed by atoms with Gasteiger partial charge in [0.15, 0.2) is 0 Å². The van der Waals surface area contributed by atoms with Crippen molar-refractivity contribution >= 4 is 5.91 Å². The van der Waals surface area contributed by atoms with Crippen LogP contribution in [0, 0.1) is 5.82 Å². The molecule has 0 saturated carbocycles. The lowest BCUT2D eigenvalue weighted by molar-refractivity contribution is -0.128. The lowest BCUT2D eigenvalue weighted by Crippen LogP contribution is -2.51. The van der Waals surface area contributed by atoms with Crippen molar-refractivity contribution in [3.63, 3.8) is 0 Å². The SMILES string of the molecule is O=C(NC[C@H](O)c1ccccc1F)C1(c2ccccc2)CCNCC1. The minimum atomic E-state index is -1.07. The van der Waals surface area contributed by atoms with Crippen LogP contribution in [0.5, 0.6) is 0 Å². The molecule has 1 saturated heterocycles. The Morgan fingerprint density at radius 3 is 2.44 bits per heavy atom. The molecule has 3 rings (SSSR count). The summed E-state index contributed by atoms with van der Waals surface area (Å²) in [5.41, 5.74) is 0.567. The van der Waals surface area contributed by atoms with E-state index in [0.29, 0.717) is 12.8 Å². The number of hydrogen-bond donors (Lipinski definition) is 3. The summed E-state index contributed by atoms with van der Waals surface area (Å²) in [7, 11) is 0. The number of benzene rings is 2. The molecule has 5 heteroatoms. The van der Waals surface area contributed by atoms with Crippen LogP contribution in [0.4, 0.5) is 4.39 Å². The smallest absolute Gasteiger partial charge is 0.230 e. The summed E-state index contributed by atoms with van der Waals surface area (Å²) < 4.78 is 13.8. The lowest BCUT2D eigenvalue weighted by atomic mass is 9.72. The second kappa shape index (κ2) is 7.76. The van der Waals surface area contributed by atoms with E-state index in [4.69, 9.17) is 0 Å². The Morgan fingerprint density at radius 2 is 1.76 bits per heavy atom. The van der Waals surface area contributed by atoms with Crippen LogP contribution >= 0.6 is 0 Å². The fraction of sp³-hybridized carbons (Fsp3) is 0.350. The maximum Gasteiger partial charge on any atom is 0.230 e. The minimum absolute atomic E-state index is 0.0121. The predicted octanol–water partition coefficient (Wildman–Crippen LogP) is 2.30. The molecule has 1 heterocycles. The van der Waals surface area contributed by atoms with Gasteiger partial charge in [-0.05, 0) is 37.6 Å². The van der Waals surface area contributed by atoms with Crippen molar-refractivity contribution in [2.75, 3.05) is 19.6 Å². The molecule has 0 bridgehead atoms. The van der Waals surface area contributed by atoms with E-state index >= 15 is 0 Å². The number of aliphatic hydroxyl groups is 1. The predicted molar refractivity (Wildman–Crippen MR) is 94.6 cm³/mol. The largest absolute Gasteiger partial charge is 0.386 e. The normalized spacial score (nSPS) is 17.7.